The summed E-state index contributed by atoms with van der Waals surface area (Å²) < 4.78 is 28.6. The van der Waals surface area contributed by atoms with E-state index in [1.165, 1.54) is 83.5 Å². The first-order chi connectivity index (χ1) is 18.1. The molecule has 0 fully saturated rings. The molecule has 0 aliphatic rings. The molecule has 0 heterocycles. The molecule has 0 spiro atoms. The van der Waals surface area contributed by atoms with Gasteiger partial charge in [0.25, 0.3) is 7.82 Å². The van der Waals surface area contributed by atoms with E-state index in [0.29, 0.717) is 24.1 Å². The van der Waals surface area contributed by atoms with E-state index in [1.807, 2.05) is 28.1 Å². The van der Waals surface area contributed by atoms with Crippen molar-refractivity contribution < 1.29 is 32.5 Å². The zero-order valence-electron chi connectivity index (χ0n) is 25.5. The summed E-state index contributed by atoms with van der Waals surface area (Å²) in [4.78, 5) is 24.0. The number of unbranched alkanes of at least 4 members (excludes halogenated alkanes) is 14. The highest BCUT2D eigenvalue weighted by Crippen LogP contribution is 2.38. The average molecular weight is 565 g/mol. The number of nitrogens with one attached hydrogen (secondary N) is 1. The standard InChI is InChI=1S/C29H61N2O6P/c1-6-8-9-10-11-12-13-14-15-16-17-18-19-20-21-24-35-28(26-30-29(32)22-7-2)27-37-38(33,34)36-25-23-31(3,4)5/h28H,6-27H2,1-5H3,(H-,30,32,33,34). The molecule has 1 amide bonds. The van der Waals surface area contributed by atoms with Gasteiger partial charge in [-0.05, 0) is 12.8 Å². The van der Waals surface area contributed by atoms with E-state index < -0.39 is 13.9 Å². The fraction of sp³-hybridized carbons (Fsp3) is 0.966. The van der Waals surface area contributed by atoms with E-state index in [-0.39, 0.29) is 25.7 Å². The molecule has 0 aliphatic carbocycles. The number of amides is 1. The Labute approximate surface area is 234 Å². The summed E-state index contributed by atoms with van der Waals surface area (Å²) >= 11 is 0. The van der Waals surface area contributed by atoms with Gasteiger partial charge < -0.3 is 28.5 Å². The van der Waals surface area contributed by atoms with E-state index in [0.717, 1.165) is 19.3 Å². The maximum atomic E-state index is 12.1. The van der Waals surface area contributed by atoms with Gasteiger partial charge in [-0.2, -0.15) is 0 Å². The van der Waals surface area contributed by atoms with E-state index in [2.05, 4.69) is 12.2 Å². The molecule has 2 atom stereocenters. The van der Waals surface area contributed by atoms with Crippen LogP contribution in [0.3, 0.4) is 0 Å². The molecule has 0 aromatic carbocycles. The Bertz CT molecular complexity index is 600. The van der Waals surface area contributed by atoms with Crippen LogP contribution in [-0.4, -0.2) is 70.5 Å². The van der Waals surface area contributed by atoms with Crippen molar-refractivity contribution in [1.29, 1.82) is 0 Å². The van der Waals surface area contributed by atoms with Crippen LogP contribution in [0.25, 0.3) is 0 Å². The molecule has 0 rings (SSSR count). The SMILES string of the molecule is CCCCCCCCCCCCCCCCCOC(CNC(=O)CCC)COP(=O)([O-])OCC[N+](C)(C)C. The first kappa shape index (κ1) is 37.5. The molecule has 8 nitrogen and oxygen atoms in total. The van der Waals surface area contributed by atoms with E-state index in [1.54, 1.807) is 0 Å². The third kappa shape index (κ3) is 27.1. The average Bonchev–Trinajstić information content (AvgIpc) is 2.84. The zero-order valence-corrected chi connectivity index (χ0v) is 26.4. The Morgan fingerprint density at radius 1 is 0.763 bits per heavy atom. The number of carbonyl (C=O) groups excluding carboxylic acids is 1. The Hall–Kier alpha value is -0.500. The predicted octanol–water partition coefficient (Wildman–Crippen LogP) is 6.37. The normalized spacial score (nSPS) is 14.4. The highest BCUT2D eigenvalue weighted by atomic mass is 31.2. The van der Waals surface area contributed by atoms with Gasteiger partial charge in [0, 0.05) is 19.6 Å². The summed E-state index contributed by atoms with van der Waals surface area (Å²) in [6, 6.07) is 0. The molecule has 0 aromatic rings. The molecule has 0 aromatic heterocycles. The van der Waals surface area contributed by atoms with Crippen LogP contribution in [0.2, 0.25) is 0 Å². The Kier molecular flexibility index (Phi) is 24.0. The second-order valence-corrected chi connectivity index (χ2v) is 13.0. The van der Waals surface area contributed by atoms with Crippen LogP contribution in [0, 0.1) is 0 Å². The largest absolute Gasteiger partial charge is 0.756 e. The lowest BCUT2D eigenvalue weighted by Crippen LogP contribution is -2.38. The summed E-state index contributed by atoms with van der Waals surface area (Å²) in [5.41, 5.74) is 0. The number of carbonyl (C=O) groups is 1. The first-order valence-electron chi connectivity index (χ1n) is 15.4. The Morgan fingerprint density at radius 3 is 1.74 bits per heavy atom. The van der Waals surface area contributed by atoms with Crippen LogP contribution >= 0.6 is 7.82 Å². The van der Waals surface area contributed by atoms with Crippen molar-refractivity contribution in [2.75, 3.05) is 54.1 Å². The van der Waals surface area contributed by atoms with Crippen molar-refractivity contribution in [2.24, 2.45) is 0 Å². The summed E-state index contributed by atoms with van der Waals surface area (Å²) in [6.07, 6.45) is 20.1. The van der Waals surface area contributed by atoms with Gasteiger partial charge in [-0.1, -0.05) is 104 Å². The lowest BCUT2D eigenvalue weighted by Gasteiger charge is -2.28. The van der Waals surface area contributed by atoms with Crippen molar-refractivity contribution in [3.8, 4) is 0 Å². The highest BCUT2D eigenvalue weighted by molar-refractivity contribution is 7.45. The van der Waals surface area contributed by atoms with Gasteiger partial charge in [0.2, 0.25) is 5.91 Å². The van der Waals surface area contributed by atoms with Crippen LogP contribution in [0.1, 0.15) is 123 Å². The van der Waals surface area contributed by atoms with Gasteiger partial charge in [0.15, 0.2) is 0 Å². The quantitative estimate of drug-likeness (QED) is 0.0674. The fourth-order valence-corrected chi connectivity index (χ4v) is 4.80. The lowest BCUT2D eigenvalue weighted by atomic mass is 10.0. The maximum absolute atomic E-state index is 12.1. The molecule has 0 saturated heterocycles. The zero-order chi connectivity index (χ0) is 28.5. The van der Waals surface area contributed by atoms with Gasteiger partial charge in [-0.15, -0.1) is 0 Å². The minimum absolute atomic E-state index is 0.0577. The van der Waals surface area contributed by atoms with Crippen LogP contribution in [0.4, 0.5) is 0 Å². The molecule has 2 unspecified atom stereocenters. The number of hydrogen-bond acceptors (Lipinski definition) is 6. The second kappa shape index (κ2) is 24.3. The molecule has 228 valence electrons. The smallest absolute Gasteiger partial charge is 0.268 e. The van der Waals surface area contributed by atoms with Crippen molar-refractivity contribution >= 4 is 13.7 Å². The van der Waals surface area contributed by atoms with Crippen molar-refractivity contribution in [2.45, 2.75) is 129 Å². The van der Waals surface area contributed by atoms with Gasteiger partial charge in [-0.25, -0.2) is 0 Å². The number of rotatable bonds is 28. The number of quaternary nitrogens is 1. The Morgan fingerprint density at radius 2 is 1.26 bits per heavy atom. The topological polar surface area (TPSA) is 96.9 Å². The first-order valence-corrected chi connectivity index (χ1v) is 16.8. The van der Waals surface area contributed by atoms with E-state index in [4.69, 9.17) is 13.8 Å². The van der Waals surface area contributed by atoms with Crippen molar-refractivity contribution in [3.63, 3.8) is 0 Å². The number of ether oxygens (including phenoxy) is 1. The maximum Gasteiger partial charge on any atom is 0.268 e. The predicted molar refractivity (Wildman–Crippen MR) is 155 cm³/mol. The summed E-state index contributed by atoms with van der Waals surface area (Å²) in [6.45, 7) is 5.37. The number of likely N-dealkylation sites (N-methyl/N-ethyl adjacent to an activating group) is 1. The van der Waals surface area contributed by atoms with Crippen LogP contribution < -0.4 is 10.2 Å². The summed E-state index contributed by atoms with van der Waals surface area (Å²) in [5, 5.41) is 2.81. The minimum Gasteiger partial charge on any atom is -0.756 e. The third-order valence-electron chi connectivity index (χ3n) is 6.54. The molecular weight excluding hydrogens is 503 g/mol. The van der Waals surface area contributed by atoms with Crippen LogP contribution in [-0.2, 0) is 23.1 Å². The number of hydrogen-bond donors (Lipinski definition) is 1. The van der Waals surface area contributed by atoms with Gasteiger partial charge >= 0.3 is 0 Å². The highest BCUT2D eigenvalue weighted by Gasteiger charge is 2.18. The van der Waals surface area contributed by atoms with Crippen LogP contribution in [0.15, 0.2) is 0 Å². The summed E-state index contributed by atoms with van der Waals surface area (Å²) in [7, 11) is 1.46. The minimum atomic E-state index is -4.42. The van der Waals surface area contributed by atoms with E-state index in [9.17, 15) is 14.3 Å². The van der Waals surface area contributed by atoms with Gasteiger partial charge in [0.05, 0.1) is 33.9 Å². The summed E-state index contributed by atoms with van der Waals surface area (Å²) in [5.74, 6) is -0.0717. The number of phosphoric ester groups is 1. The Balaban J connectivity index is 4.01. The number of phosphoric acid groups is 1. The molecule has 9 heteroatoms. The van der Waals surface area contributed by atoms with Gasteiger partial charge in [-0.3, -0.25) is 9.36 Å². The van der Waals surface area contributed by atoms with Crippen LogP contribution in [0.5, 0.6) is 0 Å². The molecule has 0 bridgehead atoms. The molecule has 0 saturated carbocycles. The molecule has 0 aliphatic heterocycles. The molecule has 38 heavy (non-hydrogen) atoms. The van der Waals surface area contributed by atoms with E-state index >= 15 is 0 Å². The van der Waals surface area contributed by atoms with Crippen molar-refractivity contribution in [3.05, 3.63) is 0 Å². The second-order valence-electron chi connectivity index (χ2n) is 11.6. The molecular formula is C29H61N2O6P. The molecule has 0 radical (unpaired) electrons. The third-order valence-corrected chi connectivity index (χ3v) is 7.50. The van der Waals surface area contributed by atoms with Gasteiger partial charge in [0.1, 0.15) is 13.2 Å². The lowest BCUT2D eigenvalue weighted by molar-refractivity contribution is -0.870. The van der Waals surface area contributed by atoms with Crippen molar-refractivity contribution in [1.82, 2.24) is 5.32 Å². The number of nitrogens with zero attached hydrogens (tertiary/aromatic N) is 1. The molecule has 1 N–H and O–H groups in total. The fourth-order valence-electron chi connectivity index (χ4n) is 4.07. The monoisotopic (exact) mass is 564 g/mol.